The smallest absolute Gasteiger partial charge is 0.331 e. The summed E-state index contributed by atoms with van der Waals surface area (Å²) in [5.41, 5.74) is -0.145. The summed E-state index contributed by atoms with van der Waals surface area (Å²) in [6.07, 6.45) is 2.27. The van der Waals surface area contributed by atoms with E-state index in [4.69, 9.17) is 11.6 Å². The molecule has 0 aliphatic rings. The van der Waals surface area contributed by atoms with Crippen LogP contribution in [-0.2, 0) is 22.7 Å². The third-order valence-corrected chi connectivity index (χ3v) is 5.99. The number of carbonyl (C=O) groups excluding carboxylic acids is 2. The lowest BCUT2D eigenvalue weighted by Gasteiger charge is -2.14. The number of anilines is 1. The molecule has 2 amide bonds. The van der Waals surface area contributed by atoms with E-state index in [1.807, 2.05) is 0 Å². The van der Waals surface area contributed by atoms with Crippen molar-refractivity contribution in [3.8, 4) is 0 Å². The summed E-state index contributed by atoms with van der Waals surface area (Å²) in [7, 11) is 0. The molecule has 8 nitrogen and oxygen atoms in total. The molecule has 9 heteroatoms. The van der Waals surface area contributed by atoms with Crippen molar-refractivity contribution in [2.45, 2.75) is 52.6 Å². The summed E-state index contributed by atoms with van der Waals surface area (Å²) in [6.45, 7) is 4.72. The molecule has 0 radical (unpaired) electrons. The Bertz CT molecular complexity index is 1310. The average molecular weight is 499 g/mol. The van der Waals surface area contributed by atoms with E-state index < -0.39 is 17.2 Å². The largest absolute Gasteiger partial charge is 0.356 e. The van der Waals surface area contributed by atoms with E-state index in [2.05, 4.69) is 24.5 Å². The molecule has 0 fully saturated rings. The first-order valence-corrected chi connectivity index (χ1v) is 12.2. The van der Waals surface area contributed by atoms with Gasteiger partial charge in [0, 0.05) is 19.5 Å². The quantitative estimate of drug-likeness (QED) is 0.393. The Morgan fingerprint density at radius 3 is 2.40 bits per heavy atom. The highest BCUT2D eigenvalue weighted by Gasteiger charge is 2.16. The van der Waals surface area contributed by atoms with E-state index in [9.17, 15) is 19.2 Å². The number of halogens is 1. The molecule has 2 aromatic carbocycles. The van der Waals surface area contributed by atoms with Crippen molar-refractivity contribution in [2.75, 3.05) is 11.9 Å². The van der Waals surface area contributed by atoms with Gasteiger partial charge in [-0.05, 0) is 49.4 Å². The van der Waals surface area contributed by atoms with Crippen molar-refractivity contribution in [1.29, 1.82) is 0 Å². The summed E-state index contributed by atoms with van der Waals surface area (Å²) in [5.74, 6) is 0.0443. The number of unbranched alkanes of at least 4 members (excludes halogenated alkanes) is 1. The van der Waals surface area contributed by atoms with E-state index in [0.717, 1.165) is 11.0 Å². The summed E-state index contributed by atoms with van der Waals surface area (Å²) < 4.78 is 2.43. The molecule has 2 N–H and O–H groups in total. The summed E-state index contributed by atoms with van der Waals surface area (Å²) in [4.78, 5) is 51.0. The number of aromatic nitrogens is 2. The van der Waals surface area contributed by atoms with Gasteiger partial charge in [0.25, 0.3) is 5.56 Å². The lowest BCUT2D eigenvalue weighted by molar-refractivity contribution is -0.121. The number of nitrogens with zero attached hydrogens (tertiary/aromatic N) is 2. The van der Waals surface area contributed by atoms with Gasteiger partial charge in [0.15, 0.2) is 0 Å². The van der Waals surface area contributed by atoms with Crippen molar-refractivity contribution in [3.63, 3.8) is 0 Å². The van der Waals surface area contributed by atoms with Crippen molar-refractivity contribution in [1.82, 2.24) is 14.5 Å². The van der Waals surface area contributed by atoms with Crippen LogP contribution < -0.4 is 21.9 Å². The van der Waals surface area contributed by atoms with Gasteiger partial charge >= 0.3 is 5.69 Å². The minimum absolute atomic E-state index is 0.0369. The molecule has 1 heterocycles. The van der Waals surface area contributed by atoms with Crippen LogP contribution in [0.2, 0.25) is 5.02 Å². The van der Waals surface area contributed by atoms with E-state index in [1.165, 1.54) is 4.57 Å². The topological polar surface area (TPSA) is 102 Å². The van der Waals surface area contributed by atoms with Gasteiger partial charge in [-0.1, -0.05) is 49.7 Å². The molecular formula is C26H31ClN4O4. The molecule has 0 saturated carbocycles. The fraction of sp³-hybridized carbons (Fsp3) is 0.385. The molecule has 0 saturated heterocycles. The van der Waals surface area contributed by atoms with Gasteiger partial charge < -0.3 is 10.6 Å². The highest BCUT2D eigenvalue weighted by molar-refractivity contribution is 6.33. The third kappa shape index (κ3) is 7.05. The monoisotopic (exact) mass is 498 g/mol. The molecular weight excluding hydrogens is 468 g/mol. The van der Waals surface area contributed by atoms with E-state index in [1.54, 1.807) is 48.5 Å². The number of hydrogen-bond donors (Lipinski definition) is 2. The van der Waals surface area contributed by atoms with Crippen LogP contribution in [0.5, 0.6) is 0 Å². The normalized spacial score (nSPS) is 11.1. The summed E-state index contributed by atoms with van der Waals surface area (Å²) in [5, 5.41) is 6.33. The Labute approximate surface area is 208 Å². The lowest BCUT2D eigenvalue weighted by Crippen LogP contribution is -2.41. The maximum atomic E-state index is 13.2. The maximum Gasteiger partial charge on any atom is 0.331 e. The molecule has 35 heavy (non-hydrogen) atoms. The van der Waals surface area contributed by atoms with Gasteiger partial charge in [-0.2, -0.15) is 0 Å². The van der Waals surface area contributed by atoms with E-state index in [0.29, 0.717) is 53.3 Å². The van der Waals surface area contributed by atoms with Gasteiger partial charge in [-0.15, -0.1) is 0 Å². The molecule has 0 unspecified atom stereocenters. The zero-order valence-electron chi connectivity index (χ0n) is 20.1. The molecule has 3 aromatic rings. The number of para-hydroxylation sites is 2. The van der Waals surface area contributed by atoms with Crippen molar-refractivity contribution >= 4 is 40.0 Å². The van der Waals surface area contributed by atoms with Crippen LogP contribution in [0, 0.1) is 5.92 Å². The molecule has 0 aliphatic carbocycles. The Kier molecular flexibility index (Phi) is 9.25. The Morgan fingerprint density at radius 1 is 0.943 bits per heavy atom. The number of fused-ring (bicyclic) bond motifs is 1. The first-order valence-electron chi connectivity index (χ1n) is 11.8. The van der Waals surface area contributed by atoms with Crippen molar-refractivity contribution < 1.29 is 9.59 Å². The predicted octanol–water partition coefficient (Wildman–Crippen LogP) is 3.79. The van der Waals surface area contributed by atoms with Gasteiger partial charge in [0.2, 0.25) is 11.8 Å². The number of hydrogen-bond acceptors (Lipinski definition) is 4. The van der Waals surface area contributed by atoms with Crippen LogP contribution in [0.3, 0.4) is 0 Å². The molecule has 0 atom stereocenters. The highest BCUT2D eigenvalue weighted by Crippen LogP contribution is 2.20. The molecule has 186 valence electrons. The van der Waals surface area contributed by atoms with E-state index in [-0.39, 0.29) is 19.0 Å². The summed E-state index contributed by atoms with van der Waals surface area (Å²) in [6, 6.07) is 13.5. The standard InChI is InChI=1S/C26H31ClN4O4/c1-18(2)14-15-28-23(32)13-7-8-16-30-25(34)19-9-3-6-12-22(19)31(26(30)35)17-24(33)29-21-11-5-4-10-20(21)27/h3-6,9-12,18H,7-8,13-17H2,1-2H3,(H,28,32)(H,29,33). The summed E-state index contributed by atoms with van der Waals surface area (Å²) >= 11 is 6.12. The molecule has 0 aliphatic heterocycles. The molecule has 1 aromatic heterocycles. The van der Waals surface area contributed by atoms with Gasteiger partial charge in [-0.25, -0.2) is 4.79 Å². The number of nitrogens with one attached hydrogen (secondary N) is 2. The second kappa shape index (κ2) is 12.4. The number of carbonyl (C=O) groups is 2. The van der Waals surface area contributed by atoms with Gasteiger partial charge in [0.05, 0.1) is 21.6 Å². The van der Waals surface area contributed by atoms with Crippen LogP contribution in [0.15, 0.2) is 58.1 Å². The van der Waals surface area contributed by atoms with Crippen LogP contribution in [0.1, 0.15) is 39.5 Å². The van der Waals surface area contributed by atoms with Crippen LogP contribution in [0.4, 0.5) is 5.69 Å². The molecule has 3 rings (SSSR count). The first kappa shape index (κ1) is 26.2. The molecule has 0 spiro atoms. The first-order chi connectivity index (χ1) is 16.8. The number of benzene rings is 2. The highest BCUT2D eigenvalue weighted by atomic mass is 35.5. The predicted molar refractivity (Wildman–Crippen MR) is 139 cm³/mol. The Morgan fingerprint density at radius 2 is 1.66 bits per heavy atom. The fourth-order valence-electron chi connectivity index (χ4n) is 3.76. The molecule has 0 bridgehead atoms. The second-order valence-electron chi connectivity index (χ2n) is 8.86. The zero-order chi connectivity index (χ0) is 25.4. The second-order valence-corrected chi connectivity index (χ2v) is 9.27. The average Bonchev–Trinajstić information content (AvgIpc) is 2.82. The lowest BCUT2D eigenvalue weighted by atomic mass is 10.1. The third-order valence-electron chi connectivity index (χ3n) is 5.66. The minimum Gasteiger partial charge on any atom is -0.356 e. The SMILES string of the molecule is CC(C)CCNC(=O)CCCCn1c(=O)c2ccccc2n(CC(=O)Nc2ccccc2Cl)c1=O. The van der Waals surface area contributed by atoms with Crippen LogP contribution in [0.25, 0.3) is 10.9 Å². The number of rotatable bonds is 11. The zero-order valence-corrected chi connectivity index (χ0v) is 20.8. The van der Waals surface area contributed by atoms with Gasteiger partial charge in [-0.3, -0.25) is 23.5 Å². The van der Waals surface area contributed by atoms with Crippen LogP contribution >= 0.6 is 11.6 Å². The van der Waals surface area contributed by atoms with Crippen molar-refractivity contribution in [2.24, 2.45) is 5.92 Å². The van der Waals surface area contributed by atoms with Gasteiger partial charge in [0.1, 0.15) is 6.54 Å². The Balaban J connectivity index is 1.74. The fourth-order valence-corrected chi connectivity index (χ4v) is 3.94. The van der Waals surface area contributed by atoms with Crippen LogP contribution in [-0.4, -0.2) is 27.5 Å². The Hall–Kier alpha value is -3.39. The van der Waals surface area contributed by atoms with E-state index >= 15 is 0 Å². The maximum absolute atomic E-state index is 13.2. The minimum atomic E-state index is -0.565. The van der Waals surface area contributed by atoms with Crippen molar-refractivity contribution in [3.05, 3.63) is 74.4 Å². The number of amides is 2.